The molecule has 0 aliphatic heterocycles. The number of benzene rings is 8. The van der Waals surface area contributed by atoms with Crippen LogP contribution in [0, 0.1) is 0 Å². The largest absolute Gasteiger partial charge is 0.309 e. The molecule has 10 aromatic rings. The van der Waals surface area contributed by atoms with Crippen molar-refractivity contribution in [1.29, 1.82) is 0 Å². The lowest BCUT2D eigenvalue weighted by Gasteiger charge is -2.37. The van der Waals surface area contributed by atoms with Crippen LogP contribution >= 0.6 is 0 Å². The molecule has 2 aromatic heterocycles. The van der Waals surface area contributed by atoms with Crippen LogP contribution in [-0.2, 0) is 5.41 Å². The van der Waals surface area contributed by atoms with Gasteiger partial charge in [0.15, 0.2) is 0 Å². The summed E-state index contributed by atoms with van der Waals surface area (Å²) in [6.07, 6.45) is 0. The van der Waals surface area contributed by atoms with Crippen LogP contribution in [0.3, 0.4) is 0 Å². The van der Waals surface area contributed by atoms with Crippen molar-refractivity contribution in [2.75, 3.05) is 0 Å². The van der Waals surface area contributed by atoms with Crippen LogP contribution < -0.4 is 0 Å². The standard InChI is InChI=1S/C49H30N2/c1-3-15-31(16-4-1)50-41-27-11-22-36-34-20-8-7-19-33(34)35-21-9-10-23-37(35)49(38-24-12-28-42(50)46(38)45(36)41)39-25-13-29-43-47(39)48-40(49)26-14-30-44(48)51(43)32-17-5-2-6-18-32/h1-30H. The van der Waals surface area contributed by atoms with Crippen LogP contribution in [0.5, 0.6) is 0 Å². The molecule has 2 heterocycles. The van der Waals surface area contributed by atoms with Crippen molar-refractivity contribution in [2.24, 2.45) is 0 Å². The van der Waals surface area contributed by atoms with Gasteiger partial charge in [0.05, 0.1) is 27.5 Å². The summed E-state index contributed by atoms with van der Waals surface area (Å²) < 4.78 is 4.94. The van der Waals surface area contributed by atoms with Crippen LogP contribution in [0.15, 0.2) is 182 Å². The van der Waals surface area contributed by atoms with Gasteiger partial charge in [-0.15, -0.1) is 0 Å². The molecule has 0 atom stereocenters. The van der Waals surface area contributed by atoms with E-state index in [9.17, 15) is 0 Å². The lowest BCUT2D eigenvalue weighted by molar-refractivity contribution is 0.781. The van der Waals surface area contributed by atoms with E-state index in [1.54, 1.807) is 0 Å². The van der Waals surface area contributed by atoms with Crippen molar-refractivity contribution in [1.82, 2.24) is 9.13 Å². The molecule has 0 fully saturated rings. The van der Waals surface area contributed by atoms with E-state index < -0.39 is 5.41 Å². The zero-order chi connectivity index (χ0) is 33.3. The average molecular weight is 647 g/mol. The third-order valence-electron chi connectivity index (χ3n) is 11.7. The Hall–Kier alpha value is -6.64. The van der Waals surface area contributed by atoms with Crippen LogP contribution in [0.1, 0.15) is 22.3 Å². The molecule has 2 aliphatic carbocycles. The molecule has 1 spiro atoms. The number of nitrogens with zero attached hydrogens (tertiary/aromatic N) is 2. The minimum atomic E-state index is -0.573. The van der Waals surface area contributed by atoms with Gasteiger partial charge < -0.3 is 9.13 Å². The SMILES string of the molecule is c1ccc(-n2c3cccc4c3c3c(cccc32)C2(c3ccccc3-c3ccccc3-4)c3cccc4c3c3c2cccc3n4-c2ccccc2)cc1. The number of hydrogen-bond acceptors (Lipinski definition) is 0. The monoisotopic (exact) mass is 646 g/mol. The van der Waals surface area contributed by atoms with E-state index in [1.807, 2.05) is 0 Å². The normalized spacial score (nSPS) is 13.6. The molecular formula is C49H30N2. The molecular weight excluding hydrogens is 617 g/mol. The molecule has 0 amide bonds. The molecule has 2 heteroatoms. The van der Waals surface area contributed by atoms with Crippen molar-refractivity contribution in [3.8, 4) is 33.6 Å². The highest BCUT2D eigenvalue weighted by molar-refractivity contribution is 6.22. The van der Waals surface area contributed by atoms with Gasteiger partial charge in [-0.1, -0.05) is 133 Å². The molecule has 2 nitrogen and oxygen atoms in total. The van der Waals surface area contributed by atoms with Crippen molar-refractivity contribution in [2.45, 2.75) is 5.41 Å². The number of hydrogen-bond donors (Lipinski definition) is 0. The van der Waals surface area contributed by atoms with Crippen molar-refractivity contribution in [3.05, 3.63) is 204 Å². The molecule has 0 N–H and O–H groups in total. The molecule has 12 rings (SSSR count). The second kappa shape index (κ2) is 9.74. The molecule has 8 aromatic carbocycles. The third-order valence-corrected chi connectivity index (χ3v) is 11.7. The summed E-state index contributed by atoms with van der Waals surface area (Å²) in [5.41, 5.74) is 17.1. The van der Waals surface area contributed by atoms with E-state index in [2.05, 4.69) is 191 Å². The van der Waals surface area contributed by atoms with E-state index in [-0.39, 0.29) is 0 Å². The van der Waals surface area contributed by atoms with E-state index >= 15 is 0 Å². The molecule has 0 unspecified atom stereocenters. The van der Waals surface area contributed by atoms with E-state index in [1.165, 1.54) is 99.5 Å². The minimum Gasteiger partial charge on any atom is -0.309 e. The average Bonchev–Trinajstić information content (AvgIpc) is 3.84. The Morgan fingerprint density at radius 3 is 1.14 bits per heavy atom. The first-order valence-corrected chi connectivity index (χ1v) is 17.8. The zero-order valence-electron chi connectivity index (χ0n) is 27.7. The Bertz CT molecular complexity index is 3010. The summed E-state index contributed by atoms with van der Waals surface area (Å²) in [5.74, 6) is 0. The van der Waals surface area contributed by atoms with Crippen LogP contribution in [-0.4, -0.2) is 9.13 Å². The van der Waals surface area contributed by atoms with Crippen LogP contribution in [0.2, 0.25) is 0 Å². The highest BCUT2D eigenvalue weighted by Crippen LogP contribution is 2.61. The van der Waals surface area contributed by atoms with Gasteiger partial charge in [0.1, 0.15) is 0 Å². The molecule has 0 saturated heterocycles. The maximum Gasteiger partial charge on any atom is 0.0727 e. The first-order valence-electron chi connectivity index (χ1n) is 17.8. The Kier molecular flexibility index (Phi) is 5.20. The smallest absolute Gasteiger partial charge is 0.0727 e. The Balaban J connectivity index is 1.36. The third kappa shape index (κ3) is 3.24. The van der Waals surface area contributed by atoms with Gasteiger partial charge >= 0.3 is 0 Å². The topological polar surface area (TPSA) is 9.86 Å². The van der Waals surface area contributed by atoms with Gasteiger partial charge in [-0.2, -0.15) is 0 Å². The minimum absolute atomic E-state index is 0.573. The molecule has 0 bridgehead atoms. The molecule has 236 valence electrons. The van der Waals surface area contributed by atoms with Crippen LogP contribution in [0.4, 0.5) is 0 Å². The second-order valence-electron chi connectivity index (χ2n) is 14.0. The van der Waals surface area contributed by atoms with Gasteiger partial charge in [-0.3, -0.25) is 0 Å². The Morgan fingerprint density at radius 2 is 0.608 bits per heavy atom. The fourth-order valence-corrected chi connectivity index (χ4v) is 9.96. The number of para-hydroxylation sites is 2. The fraction of sp³-hybridized carbons (Fsp3) is 0.0204. The Morgan fingerprint density at radius 1 is 0.255 bits per heavy atom. The molecule has 0 radical (unpaired) electrons. The zero-order valence-corrected chi connectivity index (χ0v) is 27.7. The first kappa shape index (κ1) is 27.2. The molecule has 0 saturated carbocycles. The lowest BCUT2D eigenvalue weighted by atomic mass is 9.64. The summed E-state index contributed by atoms with van der Waals surface area (Å²) in [6, 6.07) is 67.9. The van der Waals surface area contributed by atoms with Gasteiger partial charge in [-0.25, -0.2) is 0 Å². The Labute approximate surface area is 295 Å². The predicted octanol–water partition coefficient (Wildman–Crippen LogP) is 12.2. The van der Waals surface area contributed by atoms with Gasteiger partial charge in [0, 0.05) is 32.9 Å². The maximum absolute atomic E-state index is 2.48. The van der Waals surface area contributed by atoms with Gasteiger partial charge in [0.2, 0.25) is 0 Å². The highest BCUT2D eigenvalue weighted by Gasteiger charge is 2.49. The van der Waals surface area contributed by atoms with E-state index in [0.717, 1.165) is 0 Å². The lowest BCUT2D eigenvalue weighted by Crippen LogP contribution is -2.30. The highest BCUT2D eigenvalue weighted by atomic mass is 15.0. The number of fused-ring (bicyclic) bond motifs is 8. The molecule has 51 heavy (non-hydrogen) atoms. The maximum atomic E-state index is 2.48. The molecule has 2 aliphatic rings. The fourth-order valence-electron chi connectivity index (χ4n) is 9.96. The number of aromatic nitrogens is 2. The summed E-state index contributed by atoms with van der Waals surface area (Å²) >= 11 is 0. The first-order chi connectivity index (χ1) is 25.4. The summed E-state index contributed by atoms with van der Waals surface area (Å²) in [5, 5.41) is 5.31. The second-order valence-corrected chi connectivity index (χ2v) is 14.0. The summed E-state index contributed by atoms with van der Waals surface area (Å²) in [6.45, 7) is 0. The van der Waals surface area contributed by atoms with E-state index in [4.69, 9.17) is 0 Å². The quantitative estimate of drug-likeness (QED) is 0.177. The predicted molar refractivity (Wildman–Crippen MR) is 211 cm³/mol. The van der Waals surface area contributed by atoms with Crippen LogP contribution in [0.25, 0.3) is 77.2 Å². The van der Waals surface area contributed by atoms with Crippen molar-refractivity contribution in [3.63, 3.8) is 0 Å². The van der Waals surface area contributed by atoms with Crippen molar-refractivity contribution >= 4 is 43.6 Å². The summed E-state index contributed by atoms with van der Waals surface area (Å²) in [7, 11) is 0. The van der Waals surface area contributed by atoms with Gasteiger partial charge in [0.25, 0.3) is 0 Å². The van der Waals surface area contributed by atoms with Gasteiger partial charge in [-0.05, 0) is 93.0 Å². The summed E-state index contributed by atoms with van der Waals surface area (Å²) in [4.78, 5) is 0. The van der Waals surface area contributed by atoms with Crippen molar-refractivity contribution < 1.29 is 0 Å². The van der Waals surface area contributed by atoms with E-state index in [0.29, 0.717) is 0 Å². The number of rotatable bonds is 2.